The highest BCUT2D eigenvalue weighted by Crippen LogP contribution is 1.94. The first kappa shape index (κ1) is 8.27. The van der Waals surface area contributed by atoms with Gasteiger partial charge in [-0.3, -0.25) is 0 Å². The Hall–Kier alpha value is 0.270. The molecule has 0 heterocycles. The van der Waals surface area contributed by atoms with E-state index in [2.05, 4.69) is 22.6 Å². The fourth-order valence-electron chi connectivity index (χ4n) is 0.359. The Kier molecular flexibility index (Phi) is 7.52. The monoisotopic (exact) mass is 226 g/mol. The lowest BCUT2D eigenvalue weighted by Gasteiger charge is -1.86. The van der Waals surface area contributed by atoms with E-state index in [-0.39, 0.29) is 0 Å². The summed E-state index contributed by atoms with van der Waals surface area (Å²) >= 11 is 2.36. The molecule has 48 valence electrons. The van der Waals surface area contributed by atoms with Gasteiger partial charge in [-0.2, -0.15) is 0 Å². The highest BCUT2D eigenvalue weighted by Gasteiger charge is 1.76. The molecule has 0 aromatic rings. The average Bonchev–Trinajstić information content (AvgIpc) is 1.81. The maximum atomic E-state index is 4.71. The largest absolute Gasteiger partial charge is 0.505 e. The van der Waals surface area contributed by atoms with Gasteiger partial charge in [0.1, 0.15) is 0 Å². The fourth-order valence-corrected chi connectivity index (χ4v) is 0.800. The van der Waals surface area contributed by atoms with E-state index in [1.165, 1.54) is 10.8 Å². The number of alkyl halides is 1. The van der Waals surface area contributed by atoms with Crippen molar-refractivity contribution in [1.82, 2.24) is 0 Å². The van der Waals surface area contributed by atoms with Crippen LogP contribution in [-0.4, -0.2) is 11.5 Å². The first-order valence-electron chi connectivity index (χ1n) is 2.65. The molecule has 0 aliphatic carbocycles. The first-order chi connectivity index (χ1) is 3.91. The Bertz CT molecular complexity index is 61.5. The van der Waals surface area contributed by atoms with Crippen molar-refractivity contribution < 1.29 is 4.74 Å². The maximum absolute atomic E-state index is 4.71. The van der Waals surface area contributed by atoms with Crippen LogP contribution in [-0.2, 0) is 4.74 Å². The van der Waals surface area contributed by atoms with Crippen LogP contribution >= 0.6 is 22.6 Å². The predicted octanol–water partition coefficient (Wildman–Crippen LogP) is 2.36. The van der Waals surface area contributed by atoms with Crippen LogP contribution in [0.25, 0.3) is 0 Å². The van der Waals surface area contributed by atoms with Crippen LogP contribution in [0.2, 0.25) is 0 Å². The summed E-state index contributed by atoms with van der Waals surface area (Å²) in [6.45, 7) is 0. The van der Waals surface area contributed by atoms with Gasteiger partial charge in [-0.1, -0.05) is 22.6 Å². The standard InChI is InChI=1S/C6H11IO/c1-8-6-4-2-3-5-7/h4,6H,2-3,5H2,1H3. The Labute approximate surface area is 64.2 Å². The Balaban J connectivity index is 2.80. The third-order valence-corrected chi connectivity index (χ3v) is 1.50. The quantitative estimate of drug-likeness (QED) is 0.309. The predicted molar refractivity (Wildman–Crippen MR) is 44.3 cm³/mol. The molecule has 2 heteroatoms. The van der Waals surface area contributed by atoms with E-state index in [0.29, 0.717) is 0 Å². The van der Waals surface area contributed by atoms with Gasteiger partial charge >= 0.3 is 0 Å². The molecule has 0 bridgehead atoms. The molecule has 0 amide bonds. The van der Waals surface area contributed by atoms with Crippen LogP contribution < -0.4 is 0 Å². The zero-order chi connectivity index (χ0) is 6.24. The minimum Gasteiger partial charge on any atom is -0.505 e. The van der Waals surface area contributed by atoms with E-state index in [9.17, 15) is 0 Å². The van der Waals surface area contributed by atoms with E-state index < -0.39 is 0 Å². The molecule has 0 rings (SSSR count). The molecule has 8 heavy (non-hydrogen) atoms. The Morgan fingerprint density at radius 3 is 2.88 bits per heavy atom. The molecular formula is C6H11IO. The normalized spacial score (nSPS) is 10.2. The van der Waals surface area contributed by atoms with Crippen molar-refractivity contribution in [2.75, 3.05) is 11.5 Å². The van der Waals surface area contributed by atoms with E-state index in [1.54, 1.807) is 13.4 Å². The topological polar surface area (TPSA) is 9.23 Å². The zero-order valence-corrected chi connectivity index (χ0v) is 7.22. The zero-order valence-electron chi connectivity index (χ0n) is 5.06. The lowest BCUT2D eigenvalue weighted by molar-refractivity contribution is 0.336. The molecule has 0 saturated carbocycles. The summed E-state index contributed by atoms with van der Waals surface area (Å²) in [5, 5.41) is 0. The smallest absolute Gasteiger partial charge is 0.0784 e. The first-order valence-corrected chi connectivity index (χ1v) is 4.18. The van der Waals surface area contributed by atoms with Crippen molar-refractivity contribution in [3.8, 4) is 0 Å². The van der Waals surface area contributed by atoms with Crippen LogP contribution in [0.15, 0.2) is 12.3 Å². The number of hydrogen-bond donors (Lipinski definition) is 0. The highest BCUT2D eigenvalue weighted by molar-refractivity contribution is 14.1. The summed E-state index contributed by atoms with van der Waals surface area (Å²) in [7, 11) is 1.67. The summed E-state index contributed by atoms with van der Waals surface area (Å²) < 4.78 is 5.93. The van der Waals surface area contributed by atoms with Gasteiger partial charge in [0.15, 0.2) is 0 Å². The highest BCUT2D eigenvalue weighted by atomic mass is 127. The molecule has 0 aliphatic heterocycles. The van der Waals surface area contributed by atoms with E-state index in [0.717, 1.165) is 6.42 Å². The van der Waals surface area contributed by atoms with Gasteiger partial charge in [0, 0.05) is 0 Å². The van der Waals surface area contributed by atoms with Crippen molar-refractivity contribution >= 4 is 22.6 Å². The summed E-state index contributed by atoms with van der Waals surface area (Å²) in [6.07, 6.45) is 6.15. The lowest BCUT2D eigenvalue weighted by Crippen LogP contribution is -1.70. The molecule has 0 aliphatic rings. The Morgan fingerprint density at radius 1 is 1.62 bits per heavy atom. The summed E-state index contributed by atoms with van der Waals surface area (Å²) in [5.74, 6) is 0. The molecule has 1 nitrogen and oxygen atoms in total. The lowest BCUT2D eigenvalue weighted by atomic mass is 10.3. The number of hydrogen-bond acceptors (Lipinski definition) is 1. The average molecular weight is 226 g/mol. The molecular weight excluding hydrogens is 215 g/mol. The summed E-state index contributed by atoms with van der Waals surface area (Å²) in [6, 6.07) is 0. The minimum atomic E-state index is 1.14. The number of ether oxygens (including phenoxy) is 1. The maximum Gasteiger partial charge on any atom is 0.0784 e. The molecule has 0 aromatic heterocycles. The van der Waals surface area contributed by atoms with Crippen LogP contribution in [0, 0.1) is 0 Å². The van der Waals surface area contributed by atoms with E-state index >= 15 is 0 Å². The van der Waals surface area contributed by atoms with Gasteiger partial charge < -0.3 is 4.74 Å². The second-order valence-corrected chi connectivity index (χ2v) is 2.52. The number of rotatable bonds is 4. The summed E-state index contributed by atoms with van der Waals surface area (Å²) in [5.41, 5.74) is 0. The van der Waals surface area contributed by atoms with Gasteiger partial charge in [0.25, 0.3) is 0 Å². The van der Waals surface area contributed by atoms with Gasteiger partial charge in [-0.15, -0.1) is 0 Å². The third kappa shape index (κ3) is 6.27. The van der Waals surface area contributed by atoms with Crippen LogP contribution in [0.1, 0.15) is 12.8 Å². The molecule has 0 N–H and O–H groups in total. The summed E-state index contributed by atoms with van der Waals surface area (Å²) in [4.78, 5) is 0. The number of methoxy groups -OCH3 is 1. The van der Waals surface area contributed by atoms with Crippen molar-refractivity contribution in [1.29, 1.82) is 0 Å². The van der Waals surface area contributed by atoms with Crippen molar-refractivity contribution in [3.63, 3.8) is 0 Å². The second-order valence-electron chi connectivity index (χ2n) is 1.44. The van der Waals surface area contributed by atoms with Gasteiger partial charge in [-0.05, 0) is 23.3 Å². The van der Waals surface area contributed by atoms with Gasteiger partial charge in [0.2, 0.25) is 0 Å². The van der Waals surface area contributed by atoms with Crippen LogP contribution in [0.4, 0.5) is 0 Å². The third-order valence-electron chi connectivity index (χ3n) is 0.737. The van der Waals surface area contributed by atoms with Crippen molar-refractivity contribution in [2.24, 2.45) is 0 Å². The van der Waals surface area contributed by atoms with Gasteiger partial charge in [-0.25, -0.2) is 0 Å². The number of halogens is 1. The molecule has 0 radical (unpaired) electrons. The van der Waals surface area contributed by atoms with Crippen molar-refractivity contribution in [3.05, 3.63) is 12.3 Å². The Morgan fingerprint density at radius 2 is 2.38 bits per heavy atom. The number of allylic oxidation sites excluding steroid dienone is 1. The van der Waals surface area contributed by atoms with Crippen LogP contribution in [0.5, 0.6) is 0 Å². The van der Waals surface area contributed by atoms with E-state index in [1.807, 2.05) is 6.08 Å². The van der Waals surface area contributed by atoms with E-state index in [4.69, 9.17) is 4.74 Å². The number of unbranched alkanes of at least 4 members (excludes halogenated alkanes) is 1. The SMILES string of the molecule is COC=CCCCI. The molecule has 0 unspecified atom stereocenters. The van der Waals surface area contributed by atoms with Gasteiger partial charge in [0.05, 0.1) is 13.4 Å². The molecule has 0 aromatic carbocycles. The van der Waals surface area contributed by atoms with Crippen molar-refractivity contribution in [2.45, 2.75) is 12.8 Å². The fraction of sp³-hybridized carbons (Fsp3) is 0.667. The molecule has 0 atom stereocenters. The molecule has 0 saturated heterocycles. The molecule has 0 fully saturated rings. The van der Waals surface area contributed by atoms with Crippen LogP contribution in [0.3, 0.4) is 0 Å². The molecule has 0 spiro atoms. The second kappa shape index (κ2) is 7.27. The minimum absolute atomic E-state index is 1.14.